The van der Waals surface area contributed by atoms with Crippen molar-refractivity contribution in [3.05, 3.63) is 0 Å². The Hall–Kier alpha value is -1.14. The summed E-state index contributed by atoms with van der Waals surface area (Å²) >= 11 is 0. The van der Waals surface area contributed by atoms with Crippen molar-refractivity contribution in [2.45, 2.75) is 25.4 Å². The predicted octanol–water partition coefficient (Wildman–Crippen LogP) is -1.71. The van der Waals surface area contributed by atoms with Gasteiger partial charge in [-0.1, -0.05) is 6.92 Å². The monoisotopic (exact) mass is 190 g/mol. The molecule has 0 aliphatic heterocycles. The van der Waals surface area contributed by atoms with Crippen molar-refractivity contribution in [3.63, 3.8) is 0 Å². The average Bonchev–Trinajstić information content (AvgIpc) is 2.05. The van der Waals surface area contributed by atoms with Crippen LogP contribution >= 0.6 is 0 Å². The maximum absolute atomic E-state index is 10.7. The summed E-state index contributed by atoms with van der Waals surface area (Å²) in [4.78, 5) is 21.1. The van der Waals surface area contributed by atoms with Crippen LogP contribution in [0.5, 0.6) is 0 Å². The number of carbonyl (C=O) groups is 2. The summed E-state index contributed by atoms with van der Waals surface area (Å²) in [5, 5.41) is 19.6. The van der Waals surface area contributed by atoms with E-state index in [0.29, 0.717) is 6.42 Å². The first-order valence-electron chi connectivity index (χ1n) is 3.92. The number of hydrogen-bond donors (Lipinski definition) is 4. The number of primary amides is 1. The lowest BCUT2D eigenvalue weighted by Crippen LogP contribution is -2.50. The highest BCUT2D eigenvalue weighted by Crippen LogP contribution is 1.93. The van der Waals surface area contributed by atoms with E-state index < -0.39 is 30.6 Å². The molecule has 2 atom stereocenters. The molecule has 0 saturated carbocycles. The highest BCUT2D eigenvalue weighted by atomic mass is 16.4. The van der Waals surface area contributed by atoms with Crippen LogP contribution in [0.4, 0.5) is 0 Å². The highest BCUT2D eigenvalue weighted by molar-refractivity contribution is 5.81. The Balaban J connectivity index is 4.19. The van der Waals surface area contributed by atoms with Crippen LogP contribution in [-0.4, -0.2) is 40.8 Å². The number of aliphatic carboxylic acids is 1. The third-order valence-electron chi connectivity index (χ3n) is 1.63. The molecule has 1 amide bonds. The van der Waals surface area contributed by atoms with Crippen molar-refractivity contribution in [1.82, 2.24) is 5.32 Å². The minimum atomic E-state index is -1.21. The minimum absolute atomic E-state index is 0.388. The molecule has 0 aromatic rings. The lowest BCUT2D eigenvalue weighted by molar-refractivity contribution is -0.140. The smallest absolute Gasteiger partial charge is 0.323 e. The third-order valence-corrected chi connectivity index (χ3v) is 1.63. The molecule has 76 valence electrons. The molecular formula is C7H14N2O4. The van der Waals surface area contributed by atoms with Crippen molar-refractivity contribution in [2.75, 3.05) is 6.61 Å². The number of nitrogens with one attached hydrogen (secondary N) is 1. The topological polar surface area (TPSA) is 113 Å². The molecule has 13 heavy (non-hydrogen) atoms. The van der Waals surface area contributed by atoms with Crippen molar-refractivity contribution in [1.29, 1.82) is 0 Å². The van der Waals surface area contributed by atoms with Gasteiger partial charge < -0.3 is 15.9 Å². The molecule has 5 N–H and O–H groups in total. The van der Waals surface area contributed by atoms with Gasteiger partial charge in [-0.25, -0.2) is 0 Å². The molecule has 0 aliphatic carbocycles. The van der Waals surface area contributed by atoms with Gasteiger partial charge in [-0.2, -0.15) is 0 Å². The fourth-order valence-corrected chi connectivity index (χ4v) is 0.846. The van der Waals surface area contributed by atoms with Crippen molar-refractivity contribution >= 4 is 11.9 Å². The van der Waals surface area contributed by atoms with Gasteiger partial charge in [0.25, 0.3) is 0 Å². The van der Waals surface area contributed by atoms with Gasteiger partial charge in [0.05, 0.1) is 12.6 Å². The van der Waals surface area contributed by atoms with Crippen LogP contribution in [0.1, 0.15) is 13.3 Å². The average molecular weight is 190 g/mol. The number of aliphatic hydroxyl groups excluding tert-OH is 1. The third kappa shape index (κ3) is 3.86. The SMILES string of the molecule is CCC(N[C@@H](CO)C(=O)O)C(N)=O. The van der Waals surface area contributed by atoms with Crippen LogP contribution in [0.2, 0.25) is 0 Å². The number of rotatable bonds is 6. The van der Waals surface area contributed by atoms with E-state index >= 15 is 0 Å². The van der Waals surface area contributed by atoms with E-state index in [1.54, 1.807) is 6.92 Å². The van der Waals surface area contributed by atoms with Crippen LogP contribution in [0, 0.1) is 0 Å². The van der Waals surface area contributed by atoms with Crippen molar-refractivity contribution in [2.24, 2.45) is 5.73 Å². The second kappa shape index (κ2) is 5.50. The zero-order valence-corrected chi connectivity index (χ0v) is 7.36. The molecule has 0 fully saturated rings. The van der Waals surface area contributed by atoms with E-state index in [1.165, 1.54) is 0 Å². The number of carboxylic acid groups (broad SMARTS) is 1. The standard InChI is InChI=1S/C7H14N2O4/c1-2-4(6(8)11)9-5(3-10)7(12)13/h4-5,9-10H,2-3H2,1H3,(H2,8,11)(H,12,13)/t4?,5-/m0/s1. The van der Waals surface area contributed by atoms with Gasteiger partial charge in [-0.15, -0.1) is 0 Å². The molecule has 1 unspecified atom stereocenters. The normalized spacial score (nSPS) is 14.9. The molecule has 0 aliphatic rings. The lowest BCUT2D eigenvalue weighted by Gasteiger charge is -2.17. The molecule has 0 rings (SSSR count). The Labute approximate surface area is 75.7 Å². The first-order chi connectivity index (χ1) is 6.02. The van der Waals surface area contributed by atoms with Crippen molar-refractivity contribution in [3.8, 4) is 0 Å². The Bertz CT molecular complexity index is 175. The summed E-state index contributed by atoms with van der Waals surface area (Å²) in [6, 6.07) is -1.86. The Morgan fingerprint density at radius 2 is 2.00 bits per heavy atom. The van der Waals surface area contributed by atoms with Crippen LogP contribution in [0.3, 0.4) is 0 Å². The maximum Gasteiger partial charge on any atom is 0.323 e. The number of carbonyl (C=O) groups excluding carboxylic acids is 1. The minimum Gasteiger partial charge on any atom is -0.480 e. The quantitative estimate of drug-likeness (QED) is 0.398. The summed E-state index contributed by atoms with van der Waals surface area (Å²) in [5.41, 5.74) is 4.97. The van der Waals surface area contributed by atoms with Gasteiger partial charge >= 0.3 is 5.97 Å². The number of amides is 1. The maximum atomic E-state index is 10.7. The summed E-state index contributed by atoms with van der Waals surface area (Å²) < 4.78 is 0. The predicted molar refractivity (Wildman–Crippen MR) is 44.9 cm³/mol. The van der Waals surface area contributed by atoms with Gasteiger partial charge in [0.1, 0.15) is 6.04 Å². The number of aliphatic hydroxyl groups is 1. The molecule has 0 radical (unpaired) electrons. The van der Waals surface area contributed by atoms with E-state index in [2.05, 4.69) is 5.32 Å². The highest BCUT2D eigenvalue weighted by Gasteiger charge is 2.22. The molecule has 0 heterocycles. The van der Waals surface area contributed by atoms with Crippen LogP contribution < -0.4 is 11.1 Å². The lowest BCUT2D eigenvalue weighted by atomic mass is 10.2. The molecule has 0 aromatic heterocycles. The van der Waals surface area contributed by atoms with Gasteiger partial charge in [0, 0.05) is 0 Å². The van der Waals surface area contributed by atoms with Gasteiger partial charge in [0.2, 0.25) is 5.91 Å². The first-order valence-corrected chi connectivity index (χ1v) is 3.92. The van der Waals surface area contributed by atoms with E-state index in [0.717, 1.165) is 0 Å². The molecule has 0 spiro atoms. The van der Waals surface area contributed by atoms with Crippen LogP contribution in [0.15, 0.2) is 0 Å². The zero-order valence-electron chi connectivity index (χ0n) is 7.36. The fraction of sp³-hybridized carbons (Fsp3) is 0.714. The van der Waals surface area contributed by atoms with Gasteiger partial charge in [0.15, 0.2) is 0 Å². The second-order valence-corrected chi connectivity index (χ2v) is 2.60. The number of nitrogens with two attached hydrogens (primary N) is 1. The Kier molecular flexibility index (Phi) is 5.01. The van der Waals surface area contributed by atoms with E-state index in [9.17, 15) is 9.59 Å². The van der Waals surface area contributed by atoms with Gasteiger partial charge in [-0.3, -0.25) is 14.9 Å². The van der Waals surface area contributed by atoms with E-state index in [4.69, 9.17) is 15.9 Å². The Morgan fingerprint density at radius 1 is 1.46 bits per heavy atom. The van der Waals surface area contributed by atoms with E-state index in [-0.39, 0.29) is 0 Å². The van der Waals surface area contributed by atoms with Crippen LogP contribution in [0.25, 0.3) is 0 Å². The number of hydrogen-bond acceptors (Lipinski definition) is 4. The second-order valence-electron chi connectivity index (χ2n) is 2.60. The fourth-order valence-electron chi connectivity index (χ4n) is 0.846. The summed E-state index contributed by atoms with van der Waals surface area (Å²) in [6.07, 6.45) is 0.388. The molecular weight excluding hydrogens is 176 g/mol. The molecule has 0 saturated heterocycles. The Morgan fingerprint density at radius 3 is 2.23 bits per heavy atom. The summed E-state index contributed by atoms with van der Waals surface area (Å²) in [5.74, 6) is -1.83. The number of carboxylic acids is 1. The van der Waals surface area contributed by atoms with Crippen LogP contribution in [-0.2, 0) is 9.59 Å². The van der Waals surface area contributed by atoms with Gasteiger partial charge in [-0.05, 0) is 6.42 Å². The molecule has 6 heteroatoms. The largest absolute Gasteiger partial charge is 0.480 e. The summed E-state index contributed by atoms with van der Waals surface area (Å²) in [6.45, 7) is 1.12. The molecule has 0 bridgehead atoms. The first kappa shape index (κ1) is 11.9. The molecule has 0 aromatic carbocycles. The molecule has 6 nitrogen and oxygen atoms in total. The van der Waals surface area contributed by atoms with E-state index in [1.807, 2.05) is 0 Å². The van der Waals surface area contributed by atoms with Crippen molar-refractivity contribution < 1.29 is 19.8 Å². The zero-order chi connectivity index (χ0) is 10.4. The summed E-state index contributed by atoms with van der Waals surface area (Å²) in [7, 11) is 0.